The monoisotopic (exact) mass is 1210 g/mol. The topological polar surface area (TPSA) is 419 Å². The molecular weight excluding hydrogens is 1120 g/mol. The maximum absolute atomic E-state index is 13.2. The number of allylic oxidation sites excluding steroid dienone is 2. The Hall–Kier alpha value is -1.60. The van der Waals surface area contributed by atoms with E-state index in [1.807, 2.05) is 13.8 Å². The van der Waals surface area contributed by atoms with E-state index in [9.17, 15) is 79.0 Å². The summed E-state index contributed by atoms with van der Waals surface area (Å²) in [6.45, 7) is 13.0. The maximum atomic E-state index is 13.2. The van der Waals surface area contributed by atoms with E-state index in [1.54, 1.807) is 6.92 Å². The second kappa shape index (κ2) is 25.4. The van der Waals surface area contributed by atoms with Gasteiger partial charge in [-0.05, 0) is 113 Å². The van der Waals surface area contributed by atoms with Gasteiger partial charge in [0.25, 0.3) is 0 Å². The Labute approximate surface area is 482 Å². The molecule has 478 valence electrons. The molecule has 0 aromatic heterocycles. The van der Waals surface area contributed by atoms with Crippen molar-refractivity contribution in [2.24, 2.45) is 40.4 Å². The largest absolute Gasteiger partial charge is 0.726 e. The van der Waals surface area contributed by atoms with Crippen LogP contribution in [0.25, 0.3) is 0 Å². The molecule has 5 aliphatic heterocycles. The number of aliphatic hydroxyl groups is 12. The Bertz CT molecular complexity index is 2370. The minimum absolute atomic E-state index is 0.00176. The summed E-state index contributed by atoms with van der Waals surface area (Å²) in [7, 11) is -5.12. The molecule has 5 saturated heterocycles. The van der Waals surface area contributed by atoms with Crippen molar-refractivity contribution in [3.05, 3.63) is 11.6 Å². The first kappa shape index (κ1) is 65.8. The van der Waals surface area contributed by atoms with Crippen molar-refractivity contribution in [3.63, 3.8) is 0 Å². The van der Waals surface area contributed by atoms with Crippen LogP contribution >= 0.6 is 0 Å². The summed E-state index contributed by atoms with van der Waals surface area (Å²) in [5.41, 5.74) is -1.26. The lowest BCUT2D eigenvalue weighted by atomic mass is 9.47. The molecule has 0 radical (unpaired) electrons. The number of hydrogen-bond donors (Lipinski definition) is 12. The van der Waals surface area contributed by atoms with Gasteiger partial charge in [0, 0.05) is 12.8 Å². The van der Waals surface area contributed by atoms with E-state index in [0.717, 1.165) is 12.0 Å². The first-order chi connectivity index (χ1) is 38.7. The van der Waals surface area contributed by atoms with E-state index >= 15 is 0 Å². The summed E-state index contributed by atoms with van der Waals surface area (Å²) in [4.78, 5) is 13.2. The second-order valence-corrected chi connectivity index (χ2v) is 27.2. The minimum atomic E-state index is -5.12. The molecule has 0 aromatic rings. The van der Waals surface area contributed by atoms with Crippen LogP contribution in [0.2, 0.25) is 0 Å². The molecule has 8 fully saturated rings. The van der Waals surface area contributed by atoms with E-state index in [0.29, 0.717) is 32.1 Å². The zero-order chi connectivity index (χ0) is 60.7. The number of rotatable bonds is 17. The van der Waals surface area contributed by atoms with E-state index in [4.69, 9.17) is 51.6 Å². The van der Waals surface area contributed by atoms with Crippen molar-refractivity contribution in [3.8, 4) is 0 Å². The van der Waals surface area contributed by atoms with Gasteiger partial charge >= 0.3 is 0 Å². The highest BCUT2D eigenvalue weighted by molar-refractivity contribution is 7.80. The van der Waals surface area contributed by atoms with Crippen molar-refractivity contribution in [1.29, 1.82) is 0 Å². The van der Waals surface area contributed by atoms with Crippen LogP contribution in [-0.4, -0.2) is 252 Å². The van der Waals surface area contributed by atoms with Gasteiger partial charge in [0.1, 0.15) is 97.3 Å². The molecule has 0 bridgehead atoms. The van der Waals surface area contributed by atoms with Crippen LogP contribution in [-0.2, 0) is 66.7 Å². The van der Waals surface area contributed by atoms with Crippen LogP contribution in [0.3, 0.4) is 0 Å². The van der Waals surface area contributed by atoms with E-state index < -0.39 is 199 Å². The van der Waals surface area contributed by atoms with Crippen LogP contribution in [0.15, 0.2) is 11.6 Å². The molecular formula is C55H89O27S-. The molecule has 0 spiro atoms. The lowest BCUT2D eigenvalue weighted by Gasteiger charge is -2.60. The smallest absolute Gasteiger partial charge is 0.217 e. The molecule has 1 unspecified atom stereocenters. The highest BCUT2D eigenvalue weighted by Crippen LogP contribution is 2.67. The quantitative estimate of drug-likeness (QED) is 0.0411. The summed E-state index contributed by atoms with van der Waals surface area (Å²) in [6.07, 6.45) is -34.2. The summed E-state index contributed by atoms with van der Waals surface area (Å²) in [5, 5.41) is 134. The van der Waals surface area contributed by atoms with Gasteiger partial charge in [0.05, 0.1) is 49.3 Å². The average molecular weight is 1210 g/mol. The Morgan fingerprint density at radius 3 is 1.77 bits per heavy atom. The number of aliphatic hydroxyl groups excluding tert-OH is 11. The molecule has 5 heterocycles. The Balaban J connectivity index is 0.972. The molecule has 0 aromatic carbocycles. The third-order valence-electron chi connectivity index (χ3n) is 19.9. The number of carbonyl (C=O) groups excluding carboxylic acids is 1. The fourth-order valence-corrected chi connectivity index (χ4v) is 16.0. The van der Waals surface area contributed by atoms with E-state index in [2.05, 4.69) is 19.9 Å². The summed E-state index contributed by atoms with van der Waals surface area (Å²) in [6, 6.07) is 0. The van der Waals surface area contributed by atoms with Crippen molar-refractivity contribution >= 4 is 16.2 Å². The van der Waals surface area contributed by atoms with Gasteiger partial charge in [-0.25, -0.2) is 8.42 Å². The van der Waals surface area contributed by atoms with E-state index in [1.165, 1.54) is 20.8 Å². The first-order valence-corrected chi connectivity index (χ1v) is 30.6. The van der Waals surface area contributed by atoms with Gasteiger partial charge in [-0.3, -0.25) is 8.98 Å². The number of ether oxygens (including phenoxy) is 10. The van der Waals surface area contributed by atoms with E-state index in [-0.39, 0.29) is 48.7 Å². The van der Waals surface area contributed by atoms with Crippen molar-refractivity contribution in [1.82, 2.24) is 0 Å². The molecule has 9 aliphatic rings. The molecule has 28 heteroatoms. The zero-order valence-electron chi connectivity index (χ0n) is 48.1. The van der Waals surface area contributed by atoms with Gasteiger partial charge in [0.2, 0.25) is 10.4 Å². The third-order valence-corrected chi connectivity index (χ3v) is 20.4. The van der Waals surface area contributed by atoms with Crippen LogP contribution in [0.4, 0.5) is 0 Å². The second-order valence-electron chi connectivity index (χ2n) is 26.2. The summed E-state index contributed by atoms with van der Waals surface area (Å²) < 4.78 is 102. The SMILES string of the molecule is CC(C)CC(=O)CC(C)(O)[C@H]1CC[C@H]2[C@@H]3C[C@H](O[C@@H]4O[C@H](C)[C@@H](O)[C@H](O[C@@H]5OC[C@@H](O[C@@H]6OC[C@@H](O)[C@H](O)[C@H]6O[C@@H]6O[C@H](C)[C@H](O)[C@H](O)[C@H]6O)[C@H](O)[C@H]5O[C@@H]5O[C@H](C)[C@@H](O)[C@H](O)[C@H]5O)[C@H]4O)[C@H]4C[C@@H](OS(=O)(=O)[O-])CC[C@]4(C)C3=CC[C@]12C. The van der Waals surface area contributed by atoms with Crippen LogP contribution in [0, 0.1) is 40.4 Å². The molecule has 12 N–H and O–H groups in total. The van der Waals surface area contributed by atoms with Crippen molar-refractivity contribution in [2.75, 3.05) is 13.2 Å². The number of Topliss-reactive ketones (excluding diaryl/α,β-unsaturated/α-hetero) is 1. The minimum Gasteiger partial charge on any atom is -0.726 e. The molecule has 3 saturated carbocycles. The molecule has 27 nitrogen and oxygen atoms in total. The Kier molecular flexibility index (Phi) is 20.1. The third kappa shape index (κ3) is 13.2. The van der Waals surface area contributed by atoms with Gasteiger partial charge < -0.3 is 113 Å². The van der Waals surface area contributed by atoms with Crippen LogP contribution < -0.4 is 0 Å². The molecule has 4 aliphatic carbocycles. The summed E-state index contributed by atoms with van der Waals surface area (Å²) >= 11 is 0. The molecule has 0 amide bonds. The average Bonchev–Trinajstić information content (AvgIpc) is 1.90. The zero-order valence-corrected chi connectivity index (χ0v) is 48.9. The van der Waals surface area contributed by atoms with Gasteiger partial charge in [-0.15, -0.1) is 0 Å². The Morgan fingerprint density at radius 2 is 1.18 bits per heavy atom. The fraction of sp³-hybridized carbons (Fsp3) is 0.945. The first-order valence-electron chi connectivity index (χ1n) is 29.3. The van der Waals surface area contributed by atoms with Crippen LogP contribution in [0.5, 0.6) is 0 Å². The predicted molar refractivity (Wildman–Crippen MR) is 278 cm³/mol. The predicted octanol–water partition coefficient (Wildman–Crippen LogP) is -2.38. The van der Waals surface area contributed by atoms with Gasteiger partial charge in [-0.1, -0.05) is 39.3 Å². The summed E-state index contributed by atoms with van der Waals surface area (Å²) in [5.74, 6) is -0.796. The molecule has 83 heavy (non-hydrogen) atoms. The normalized spacial score (nSPS) is 51.3. The number of carbonyl (C=O) groups is 1. The molecule has 32 atom stereocenters. The number of fused-ring (bicyclic) bond motifs is 5. The fourth-order valence-electron chi connectivity index (χ4n) is 15.5. The lowest BCUT2D eigenvalue weighted by Crippen LogP contribution is -2.66. The molecule has 9 rings (SSSR count). The van der Waals surface area contributed by atoms with Crippen molar-refractivity contribution in [2.45, 2.75) is 272 Å². The standard InChI is InChI=1S/C55H90O27S/c1-21(2)15-25(56)18-55(8,68)34-10-9-28-27-17-32(30-16-26(82-83(69,70)71)11-13-53(30,6)29(27)12-14-54(28,34)7)77-50-44(67)45(37(60)24(5)76-50)79-52-47(81-49-43(66)41(64)36(59)23(4)75-49)39(62)33(20-73-52)78-51-46(38(61)31(57)19-72-51)80-48-42(65)40(63)35(58)22(3)74-48/h12,21-24,26-28,30-52,57-68H,9-11,13-20H2,1-8H3,(H,69,70,71)/p-1/t22-,23-,24-,26+,27+,28+,30-,31-,32+,33-,34+,35+,36-,37-,38+,39+,40+,41+,42-,43-,44-,45+,46-,47-,48+,49+,50+,51+,52+,53-,54+,55?/m1/s1. The van der Waals surface area contributed by atoms with Gasteiger partial charge in [0.15, 0.2) is 31.5 Å². The lowest BCUT2D eigenvalue weighted by molar-refractivity contribution is -0.394. The van der Waals surface area contributed by atoms with Crippen molar-refractivity contribution < 1.29 is 131 Å². The van der Waals surface area contributed by atoms with Gasteiger partial charge in [-0.2, -0.15) is 0 Å². The highest BCUT2D eigenvalue weighted by atomic mass is 32.3. The maximum Gasteiger partial charge on any atom is 0.217 e. The number of ketones is 1. The highest BCUT2D eigenvalue weighted by Gasteiger charge is 2.64. The number of hydrogen-bond acceptors (Lipinski definition) is 27. The Morgan fingerprint density at radius 1 is 0.651 bits per heavy atom. The van der Waals surface area contributed by atoms with Crippen LogP contribution in [0.1, 0.15) is 113 Å².